The summed E-state index contributed by atoms with van der Waals surface area (Å²) < 4.78 is 38.0. The van der Waals surface area contributed by atoms with Crippen molar-refractivity contribution in [2.45, 2.75) is 32.1 Å². The molecule has 1 heterocycles. The maximum absolute atomic E-state index is 12.6. The molecule has 0 aliphatic rings. The molecule has 32 heavy (non-hydrogen) atoms. The Balaban J connectivity index is 1.73. The second-order valence-electron chi connectivity index (χ2n) is 6.92. The van der Waals surface area contributed by atoms with Crippen molar-refractivity contribution in [3.63, 3.8) is 0 Å². The molecule has 0 atom stereocenters. The van der Waals surface area contributed by atoms with Crippen LogP contribution >= 0.6 is 23.2 Å². The van der Waals surface area contributed by atoms with E-state index in [1.54, 1.807) is 13.8 Å². The van der Waals surface area contributed by atoms with Gasteiger partial charge in [-0.15, -0.1) is 0 Å². The Labute approximate surface area is 195 Å². The molecule has 0 saturated carbocycles. The first-order chi connectivity index (χ1) is 15.1. The highest BCUT2D eigenvalue weighted by atomic mass is 35.5. The number of anilines is 2. The normalized spacial score (nSPS) is 11.3. The smallest absolute Gasteiger partial charge is 0.264 e. The van der Waals surface area contributed by atoms with Crippen molar-refractivity contribution in [2.24, 2.45) is 0 Å². The van der Waals surface area contributed by atoms with Crippen molar-refractivity contribution < 1.29 is 22.5 Å². The van der Waals surface area contributed by atoms with Crippen molar-refractivity contribution in [3.8, 4) is 5.75 Å². The molecule has 1 amide bonds. The van der Waals surface area contributed by atoms with E-state index in [1.165, 1.54) is 36.4 Å². The molecule has 0 bridgehead atoms. The Kier molecular flexibility index (Phi) is 7.33. The lowest BCUT2D eigenvalue weighted by atomic mass is 10.2. The predicted octanol–water partition coefficient (Wildman–Crippen LogP) is 5.44. The number of hydrogen-bond acceptors (Lipinski definition) is 6. The standard InChI is InChI=1S/C21H21Cl2N3O5S/c1-4-9-30-19-17(22)10-14(11-18(19)23)20(27)24-15-5-7-16(8-6-15)32(28,29)26-21-12(2)13(3)25-31-21/h5-8,10-11,26H,4,9H2,1-3H3,(H,24,27). The summed E-state index contributed by atoms with van der Waals surface area (Å²) in [5.41, 5.74) is 1.81. The Hall–Kier alpha value is -2.75. The fourth-order valence-electron chi connectivity index (χ4n) is 2.65. The van der Waals surface area contributed by atoms with Crippen LogP contribution in [0.15, 0.2) is 45.8 Å². The summed E-state index contributed by atoms with van der Waals surface area (Å²) in [5.74, 6) is -0.0803. The first-order valence-corrected chi connectivity index (χ1v) is 11.8. The van der Waals surface area contributed by atoms with Gasteiger partial charge in [-0.2, -0.15) is 0 Å². The average Bonchev–Trinajstić information content (AvgIpc) is 3.05. The lowest BCUT2D eigenvalue weighted by Gasteiger charge is -2.12. The molecular weight excluding hydrogens is 477 g/mol. The van der Waals surface area contributed by atoms with Gasteiger partial charge in [0, 0.05) is 16.8 Å². The van der Waals surface area contributed by atoms with E-state index in [-0.39, 0.29) is 26.4 Å². The van der Waals surface area contributed by atoms with E-state index in [4.69, 9.17) is 32.5 Å². The number of nitrogens with zero attached hydrogens (tertiary/aromatic N) is 1. The summed E-state index contributed by atoms with van der Waals surface area (Å²) in [6.45, 7) is 5.81. The van der Waals surface area contributed by atoms with Crippen LogP contribution in [0.3, 0.4) is 0 Å². The summed E-state index contributed by atoms with van der Waals surface area (Å²) in [5, 5.41) is 6.85. The van der Waals surface area contributed by atoms with E-state index in [2.05, 4.69) is 15.2 Å². The SMILES string of the molecule is CCCOc1c(Cl)cc(C(=O)Nc2ccc(S(=O)(=O)Nc3onc(C)c3C)cc2)cc1Cl. The third-order valence-electron chi connectivity index (χ3n) is 4.52. The van der Waals surface area contributed by atoms with E-state index in [1.807, 2.05) is 6.92 Å². The molecule has 170 valence electrons. The number of hydrogen-bond donors (Lipinski definition) is 2. The van der Waals surface area contributed by atoms with Crippen LogP contribution in [0.25, 0.3) is 0 Å². The van der Waals surface area contributed by atoms with Gasteiger partial charge in [0.25, 0.3) is 15.9 Å². The van der Waals surface area contributed by atoms with Gasteiger partial charge in [-0.25, -0.2) is 13.1 Å². The number of carbonyl (C=O) groups is 1. The first-order valence-electron chi connectivity index (χ1n) is 9.61. The molecule has 2 N–H and O–H groups in total. The minimum absolute atomic E-state index is 0.00698. The van der Waals surface area contributed by atoms with E-state index in [0.29, 0.717) is 29.3 Å². The molecular formula is C21H21Cl2N3O5S. The highest BCUT2D eigenvalue weighted by Gasteiger charge is 2.20. The number of ether oxygens (including phenoxy) is 1. The van der Waals surface area contributed by atoms with Crippen LogP contribution in [-0.2, 0) is 10.0 Å². The minimum Gasteiger partial charge on any atom is -0.490 e. The number of nitrogens with one attached hydrogen (secondary N) is 2. The van der Waals surface area contributed by atoms with Gasteiger partial charge in [0.05, 0.1) is 27.2 Å². The second kappa shape index (κ2) is 9.81. The summed E-state index contributed by atoms with van der Waals surface area (Å²) in [6.07, 6.45) is 0.785. The molecule has 0 radical (unpaired) electrons. The number of benzene rings is 2. The van der Waals surface area contributed by atoms with E-state index in [9.17, 15) is 13.2 Å². The van der Waals surface area contributed by atoms with Gasteiger partial charge in [-0.05, 0) is 56.7 Å². The predicted molar refractivity (Wildman–Crippen MR) is 123 cm³/mol. The fraction of sp³-hybridized carbons (Fsp3) is 0.238. The Morgan fingerprint density at radius 3 is 2.28 bits per heavy atom. The maximum atomic E-state index is 12.6. The van der Waals surface area contributed by atoms with Crippen LogP contribution < -0.4 is 14.8 Å². The monoisotopic (exact) mass is 497 g/mol. The van der Waals surface area contributed by atoms with Gasteiger partial charge >= 0.3 is 0 Å². The van der Waals surface area contributed by atoms with Crippen LogP contribution in [-0.4, -0.2) is 26.1 Å². The van der Waals surface area contributed by atoms with Crippen LogP contribution in [0.5, 0.6) is 5.75 Å². The Bertz CT molecular complexity index is 1220. The topological polar surface area (TPSA) is 111 Å². The highest BCUT2D eigenvalue weighted by Crippen LogP contribution is 2.34. The average molecular weight is 498 g/mol. The molecule has 2 aromatic carbocycles. The van der Waals surface area contributed by atoms with Crippen molar-refractivity contribution in [2.75, 3.05) is 16.6 Å². The number of carbonyl (C=O) groups excluding carboxylic acids is 1. The summed E-state index contributed by atoms with van der Waals surface area (Å²) in [4.78, 5) is 12.6. The zero-order valence-corrected chi connectivity index (χ0v) is 19.9. The lowest BCUT2D eigenvalue weighted by Crippen LogP contribution is -2.14. The quantitative estimate of drug-likeness (QED) is 0.428. The van der Waals surface area contributed by atoms with Gasteiger partial charge < -0.3 is 14.6 Å². The highest BCUT2D eigenvalue weighted by molar-refractivity contribution is 7.92. The molecule has 0 aliphatic carbocycles. The molecule has 0 unspecified atom stereocenters. The molecule has 1 aromatic heterocycles. The molecule has 0 spiro atoms. The van der Waals surface area contributed by atoms with Crippen molar-refractivity contribution in [1.29, 1.82) is 0 Å². The van der Waals surface area contributed by atoms with Gasteiger partial charge in [0.2, 0.25) is 5.88 Å². The second-order valence-corrected chi connectivity index (χ2v) is 9.42. The third-order valence-corrected chi connectivity index (χ3v) is 6.43. The van der Waals surface area contributed by atoms with Gasteiger partial charge in [-0.1, -0.05) is 35.3 Å². The molecule has 11 heteroatoms. The molecule has 0 fully saturated rings. The van der Waals surface area contributed by atoms with Gasteiger partial charge in [-0.3, -0.25) is 4.79 Å². The fourth-order valence-corrected chi connectivity index (χ4v) is 4.29. The van der Waals surface area contributed by atoms with E-state index >= 15 is 0 Å². The largest absolute Gasteiger partial charge is 0.490 e. The lowest BCUT2D eigenvalue weighted by molar-refractivity contribution is 0.102. The number of aromatic nitrogens is 1. The molecule has 0 aliphatic heterocycles. The van der Waals surface area contributed by atoms with Crippen LogP contribution in [0.2, 0.25) is 10.0 Å². The first kappa shape index (κ1) is 23.9. The number of sulfonamides is 1. The summed E-state index contributed by atoms with van der Waals surface area (Å²) >= 11 is 12.4. The zero-order valence-electron chi connectivity index (χ0n) is 17.5. The maximum Gasteiger partial charge on any atom is 0.264 e. The summed E-state index contributed by atoms with van der Waals surface area (Å²) in [7, 11) is -3.89. The van der Waals surface area contributed by atoms with Crippen molar-refractivity contribution in [1.82, 2.24) is 5.16 Å². The van der Waals surface area contributed by atoms with Crippen LogP contribution in [0, 0.1) is 13.8 Å². The van der Waals surface area contributed by atoms with Gasteiger partial charge in [0.1, 0.15) is 0 Å². The van der Waals surface area contributed by atoms with Crippen molar-refractivity contribution in [3.05, 3.63) is 63.3 Å². The molecule has 3 rings (SSSR count). The van der Waals surface area contributed by atoms with Crippen molar-refractivity contribution >= 4 is 50.7 Å². The van der Waals surface area contributed by atoms with E-state index < -0.39 is 15.9 Å². The van der Waals surface area contributed by atoms with Gasteiger partial charge in [0.15, 0.2) is 5.75 Å². The van der Waals surface area contributed by atoms with Crippen LogP contribution in [0.4, 0.5) is 11.6 Å². The number of rotatable bonds is 8. The number of amides is 1. The number of halogens is 2. The minimum atomic E-state index is -3.89. The zero-order chi connectivity index (χ0) is 23.5. The molecule has 3 aromatic rings. The Morgan fingerprint density at radius 1 is 1.12 bits per heavy atom. The molecule has 8 nitrogen and oxygen atoms in total. The number of aryl methyl sites for hydroxylation is 1. The van der Waals surface area contributed by atoms with E-state index in [0.717, 1.165) is 6.42 Å². The van der Waals surface area contributed by atoms with Crippen LogP contribution in [0.1, 0.15) is 35.0 Å². The Morgan fingerprint density at radius 2 is 1.75 bits per heavy atom. The molecule has 0 saturated heterocycles. The summed E-state index contributed by atoms with van der Waals surface area (Å²) in [6, 6.07) is 8.56. The third kappa shape index (κ3) is 5.35.